The molecule has 0 radical (unpaired) electrons. The minimum atomic E-state index is -0.433. The normalized spacial score (nSPS) is 24.5. The van der Waals surface area contributed by atoms with Crippen molar-refractivity contribution >= 4 is 29.0 Å². The van der Waals surface area contributed by atoms with Crippen molar-refractivity contribution in [2.75, 3.05) is 42.5 Å². The first-order valence-corrected chi connectivity index (χ1v) is 14.8. The fourth-order valence-electron chi connectivity index (χ4n) is 7.31. The number of piperidine rings is 2. The van der Waals surface area contributed by atoms with Crippen LogP contribution in [0.4, 0.5) is 21.6 Å². The van der Waals surface area contributed by atoms with Crippen molar-refractivity contribution in [1.29, 1.82) is 0 Å². The molecule has 1 aromatic carbocycles. The molecule has 2 aromatic rings. The zero-order chi connectivity index (χ0) is 28.0. The van der Waals surface area contributed by atoms with Gasteiger partial charge >= 0.3 is 0 Å². The summed E-state index contributed by atoms with van der Waals surface area (Å²) in [5.41, 5.74) is 1.83. The van der Waals surface area contributed by atoms with Gasteiger partial charge in [-0.2, -0.15) is 0 Å². The maximum absolute atomic E-state index is 14.4. The number of aromatic nitrogens is 2. The lowest BCUT2D eigenvalue weighted by Gasteiger charge is -2.45. The number of halogens is 1. The number of fused-ring (bicyclic) bond motifs is 3. The van der Waals surface area contributed by atoms with Gasteiger partial charge in [0.05, 0.1) is 23.5 Å². The van der Waals surface area contributed by atoms with Crippen LogP contribution in [0.5, 0.6) is 0 Å². The van der Waals surface area contributed by atoms with E-state index in [1.807, 2.05) is 25.7 Å². The number of anilines is 3. The van der Waals surface area contributed by atoms with Crippen molar-refractivity contribution in [1.82, 2.24) is 25.1 Å². The molecule has 1 aliphatic carbocycles. The van der Waals surface area contributed by atoms with E-state index in [2.05, 4.69) is 25.1 Å². The molecule has 1 aromatic heterocycles. The van der Waals surface area contributed by atoms with Gasteiger partial charge in [-0.05, 0) is 77.0 Å². The van der Waals surface area contributed by atoms with Gasteiger partial charge in [0.25, 0.3) is 5.91 Å². The summed E-state index contributed by atoms with van der Waals surface area (Å²) < 4.78 is 14.4. The lowest BCUT2D eigenvalue weighted by Crippen LogP contribution is -2.55. The molecule has 1 saturated carbocycles. The number of hydrogen-bond acceptors (Lipinski definition) is 7. The minimum absolute atomic E-state index is 0.000689. The summed E-state index contributed by atoms with van der Waals surface area (Å²) >= 11 is 0. The number of nitrogens with one attached hydrogen (secondary N) is 1. The maximum atomic E-state index is 14.4. The summed E-state index contributed by atoms with van der Waals surface area (Å²) in [7, 11) is 0. The lowest BCUT2D eigenvalue weighted by atomic mass is 9.96. The monoisotopic (exact) mass is 549 g/mol. The third-order valence-corrected chi connectivity index (χ3v) is 9.35. The van der Waals surface area contributed by atoms with Gasteiger partial charge in [-0.1, -0.05) is 0 Å². The fourth-order valence-corrected chi connectivity index (χ4v) is 7.31. The van der Waals surface area contributed by atoms with E-state index in [4.69, 9.17) is 0 Å². The summed E-state index contributed by atoms with van der Waals surface area (Å²) in [6.07, 6.45) is 8.62. The molecule has 1 N–H and O–H groups in total. The molecule has 2 amide bonds. The van der Waals surface area contributed by atoms with Crippen molar-refractivity contribution in [2.45, 2.75) is 77.0 Å². The molecule has 4 heterocycles. The molecule has 9 nitrogen and oxygen atoms in total. The van der Waals surface area contributed by atoms with Crippen molar-refractivity contribution in [3.8, 4) is 0 Å². The first-order chi connectivity index (χ1) is 19.4. The molecule has 3 fully saturated rings. The largest absolute Gasteiger partial charge is 0.350 e. The number of likely N-dealkylation sites (tertiary alicyclic amines) is 1. The van der Waals surface area contributed by atoms with E-state index in [0.717, 1.165) is 43.9 Å². The van der Waals surface area contributed by atoms with Crippen molar-refractivity contribution < 1.29 is 14.0 Å². The van der Waals surface area contributed by atoms with E-state index in [0.29, 0.717) is 42.8 Å². The van der Waals surface area contributed by atoms with Crippen LogP contribution in [-0.4, -0.2) is 88.5 Å². The van der Waals surface area contributed by atoms with Gasteiger partial charge in [0.1, 0.15) is 17.8 Å². The van der Waals surface area contributed by atoms with Gasteiger partial charge in [0.2, 0.25) is 5.91 Å². The average Bonchev–Trinajstić information content (AvgIpc) is 3.61. The molecule has 3 atom stereocenters. The fraction of sp³-hybridized carbons (Fsp3) is 0.600. The Hall–Kier alpha value is -3.27. The number of benzene rings is 1. The predicted octanol–water partition coefficient (Wildman–Crippen LogP) is 3.58. The molecule has 0 spiro atoms. The standard InChI is InChI=1S/C30H40FN7O2/c1-4-36(19(2)3)29(39)24-16-21(31)6-8-25(24)38-14-13-37(28-26(38)17-32-18-33-28)23-9-11-35(12-10-23)30(40)27-20-5-7-22(15-20)34-27/h6,8,16-20,22-23,27,34H,4-5,7,9-15H2,1-3H3/t20-,22+,27-/m0/s1. The Balaban J connectivity index is 1.21. The number of carbonyl (C=O) groups excluding carboxylic acids is 2. The highest BCUT2D eigenvalue weighted by Crippen LogP contribution is 2.40. The van der Waals surface area contributed by atoms with Crippen molar-refractivity contribution in [3.63, 3.8) is 0 Å². The van der Waals surface area contributed by atoms with Crippen molar-refractivity contribution in [3.05, 3.63) is 42.1 Å². The second-order valence-electron chi connectivity index (χ2n) is 11.9. The molecule has 6 rings (SSSR count). The van der Waals surface area contributed by atoms with E-state index in [1.54, 1.807) is 23.5 Å². The second kappa shape index (κ2) is 11.0. The third kappa shape index (κ3) is 4.80. The summed E-state index contributed by atoms with van der Waals surface area (Å²) in [6, 6.07) is 5.23. The molecule has 4 aliphatic rings. The Morgan fingerprint density at radius 2 is 1.90 bits per heavy atom. The Bertz CT molecular complexity index is 1260. The number of rotatable bonds is 6. The summed E-state index contributed by atoms with van der Waals surface area (Å²) in [4.78, 5) is 44.0. The highest BCUT2D eigenvalue weighted by Gasteiger charge is 2.45. The Morgan fingerprint density at radius 1 is 1.10 bits per heavy atom. The number of nitrogens with zero attached hydrogens (tertiary/aromatic N) is 6. The average molecular weight is 550 g/mol. The van der Waals surface area contributed by atoms with Crippen LogP contribution < -0.4 is 15.1 Å². The molecule has 3 aliphatic heterocycles. The zero-order valence-electron chi connectivity index (χ0n) is 23.7. The zero-order valence-corrected chi connectivity index (χ0v) is 23.7. The van der Waals surface area contributed by atoms with Crippen molar-refractivity contribution in [2.24, 2.45) is 5.92 Å². The molecule has 10 heteroatoms. The van der Waals surface area contributed by atoms with Gasteiger partial charge in [0, 0.05) is 50.8 Å². The smallest absolute Gasteiger partial charge is 0.256 e. The van der Waals surface area contributed by atoms with Gasteiger partial charge in [0.15, 0.2) is 5.82 Å². The van der Waals surface area contributed by atoms with Crippen LogP contribution in [0.15, 0.2) is 30.7 Å². The van der Waals surface area contributed by atoms with Gasteiger partial charge in [-0.25, -0.2) is 14.4 Å². The van der Waals surface area contributed by atoms with E-state index in [1.165, 1.54) is 25.0 Å². The first kappa shape index (κ1) is 26.9. The van der Waals surface area contributed by atoms with Crippen LogP contribution in [-0.2, 0) is 4.79 Å². The van der Waals surface area contributed by atoms with Crippen LogP contribution in [0, 0.1) is 11.7 Å². The molecule has 0 unspecified atom stereocenters. The van der Waals surface area contributed by atoms with Gasteiger partial charge in [-0.15, -0.1) is 0 Å². The Morgan fingerprint density at radius 3 is 2.58 bits per heavy atom. The van der Waals surface area contributed by atoms with Crippen LogP contribution in [0.25, 0.3) is 0 Å². The molecule has 214 valence electrons. The first-order valence-electron chi connectivity index (χ1n) is 14.8. The topological polar surface area (TPSA) is 84.9 Å². The van der Waals surface area contributed by atoms with E-state index >= 15 is 0 Å². The van der Waals surface area contributed by atoms with E-state index < -0.39 is 5.82 Å². The van der Waals surface area contributed by atoms with E-state index in [-0.39, 0.29) is 29.9 Å². The summed E-state index contributed by atoms with van der Waals surface area (Å²) in [5, 5.41) is 3.55. The van der Waals surface area contributed by atoms with Crippen LogP contribution in [0.3, 0.4) is 0 Å². The van der Waals surface area contributed by atoms with Crippen LogP contribution >= 0.6 is 0 Å². The molecule has 40 heavy (non-hydrogen) atoms. The Kier molecular flexibility index (Phi) is 7.37. The molecule has 2 saturated heterocycles. The highest BCUT2D eigenvalue weighted by atomic mass is 19.1. The number of amides is 2. The number of hydrogen-bond donors (Lipinski definition) is 1. The SMILES string of the molecule is CCN(C(=O)c1cc(F)ccc1N1CCN(C2CCN(C(=O)[C@H]3N[C@@H]4CC[C@H]3C4)CC2)c2ncncc21)C(C)C. The molecule has 2 bridgehead atoms. The van der Waals surface area contributed by atoms with Crippen LogP contribution in [0.2, 0.25) is 0 Å². The van der Waals surface area contributed by atoms with E-state index in [9.17, 15) is 14.0 Å². The highest BCUT2D eigenvalue weighted by molar-refractivity contribution is 6.01. The third-order valence-electron chi connectivity index (χ3n) is 9.35. The quantitative estimate of drug-likeness (QED) is 0.590. The number of carbonyl (C=O) groups is 2. The predicted molar refractivity (Wildman–Crippen MR) is 152 cm³/mol. The van der Waals surface area contributed by atoms with Gasteiger partial charge < -0.3 is 24.9 Å². The molecular weight excluding hydrogens is 509 g/mol. The summed E-state index contributed by atoms with van der Waals surface area (Å²) in [6.45, 7) is 9.24. The Labute approximate surface area is 235 Å². The minimum Gasteiger partial charge on any atom is -0.350 e. The maximum Gasteiger partial charge on any atom is 0.256 e. The molecular formula is C30H40FN7O2. The summed E-state index contributed by atoms with van der Waals surface area (Å²) in [5.74, 6) is 0.973. The lowest BCUT2D eigenvalue weighted by molar-refractivity contribution is -0.135. The van der Waals surface area contributed by atoms with Gasteiger partial charge in [-0.3, -0.25) is 9.59 Å². The van der Waals surface area contributed by atoms with Crippen LogP contribution in [0.1, 0.15) is 63.2 Å². The second-order valence-corrected chi connectivity index (χ2v) is 11.9.